The first-order chi connectivity index (χ1) is 9.26. The summed E-state index contributed by atoms with van der Waals surface area (Å²) in [7, 11) is 0. The van der Waals surface area contributed by atoms with Crippen molar-refractivity contribution < 1.29 is 4.74 Å². The summed E-state index contributed by atoms with van der Waals surface area (Å²) in [5.74, 6) is 1.02. The van der Waals surface area contributed by atoms with Gasteiger partial charge in [0.1, 0.15) is 5.75 Å². The van der Waals surface area contributed by atoms with Gasteiger partial charge >= 0.3 is 0 Å². The van der Waals surface area contributed by atoms with Crippen LogP contribution in [0.3, 0.4) is 0 Å². The van der Waals surface area contributed by atoms with Gasteiger partial charge in [0.05, 0.1) is 6.61 Å². The number of ether oxygens (including phenoxy) is 1. The van der Waals surface area contributed by atoms with Gasteiger partial charge in [-0.2, -0.15) is 0 Å². The molecule has 1 aromatic carbocycles. The Labute approximate surface area is 124 Å². The SMILES string of the molecule is CCOc1ccc(Br)cc1C(CC)N1CCNCC1. The van der Waals surface area contributed by atoms with E-state index in [1.165, 1.54) is 5.56 Å². The van der Waals surface area contributed by atoms with Crippen molar-refractivity contribution in [1.29, 1.82) is 0 Å². The third kappa shape index (κ3) is 3.71. The summed E-state index contributed by atoms with van der Waals surface area (Å²) in [6.07, 6.45) is 1.11. The maximum absolute atomic E-state index is 5.80. The van der Waals surface area contributed by atoms with Crippen LogP contribution in [0.1, 0.15) is 31.9 Å². The first-order valence-electron chi connectivity index (χ1n) is 7.13. The molecule has 2 rings (SSSR count). The summed E-state index contributed by atoms with van der Waals surface area (Å²) in [6, 6.07) is 6.79. The van der Waals surface area contributed by atoms with Gasteiger partial charge in [0, 0.05) is 42.3 Å². The summed E-state index contributed by atoms with van der Waals surface area (Å²) in [5.41, 5.74) is 1.31. The number of halogens is 1. The van der Waals surface area contributed by atoms with Crippen LogP contribution in [0.4, 0.5) is 0 Å². The predicted octanol–water partition coefficient (Wildman–Crippen LogP) is 3.20. The average Bonchev–Trinajstić information content (AvgIpc) is 2.44. The fourth-order valence-electron chi connectivity index (χ4n) is 2.74. The largest absolute Gasteiger partial charge is 0.494 e. The summed E-state index contributed by atoms with van der Waals surface area (Å²) in [4.78, 5) is 2.56. The third-order valence-corrected chi connectivity index (χ3v) is 4.10. The topological polar surface area (TPSA) is 24.5 Å². The lowest BCUT2D eigenvalue weighted by Crippen LogP contribution is -2.45. The highest BCUT2D eigenvalue weighted by Crippen LogP contribution is 2.34. The molecular weight excluding hydrogens is 304 g/mol. The highest BCUT2D eigenvalue weighted by atomic mass is 79.9. The summed E-state index contributed by atoms with van der Waals surface area (Å²) in [5, 5.41) is 3.41. The van der Waals surface area contributed by atoms with Gasteiger partial charge in [-0.05, 0) is 31.5 Å². The Morgan fingerprint density at radius 1 is 1.32 bits per heavy atom. The Morgan fingerprint density at radius 3 is 2.68 bits per heavy atom. The Bertz CT molecular complexity index is 405. The van der Waals surface area contributed by atoms with Gasteiger partial charge in [-0.3, -0.25) is 4.90 Å². The zero-order chi connectivity index (χ0) is 13.7. The van der Waals surface area contributed by atoms with Crippen molar-refractivity contribution in [3.8, 4) is 5.75 Å². The zero-order valence-corrected chi connectivity index (χ0v) is 13.4. The molecule has 19 heavy (non-hydrogen) atoms. The van der Waals surface area contributed by atoms with E-state index in [2.05, 4.69) is 51.3 Å². The Hall–Kier alpha value is -0.580. The summed E-state index contributed by atoms with van der Waals surface area (Å²) in [6.45, 7) is 9.38. The molecule has 1 aromatic rings. The number of hydrogen-bond acceptors (Lipinski definition) is 3. The van der Waals surface area contributed by atoms with E-state index in [-0.39, 0.29) is 0 Å². The minimum atomic E-state index is 0.446. The second-order valence-electron chi connectivity index (χ2n) is 4.83. The van der Waals surface area contributed by atoms with Crippen LogP contribution in [0, 0.1) is 0 Å². The van der Waals surface area contributed by atoms with Gasteiger partial charge in [0.2, 0.25) is 0 Å². The predicted molar refractivity (Wildman–Crippen MR) is 82.8 cm³/mol. The van der Waals surface area contributed by atoms with E-state index in [1.54, 1.807) is 0 Å². The molecule has 1 aliphatic heterocycles. The molecule has 0 radical (unpaired) electrons. The molecule has 0 aliphatic carbocycles. The fourth-order valence-corrected chi connectivity index (χ4v) is 3.11. The van der Waals surface area contributed by atoms with Gasteiger partial charge in [-0.15, -0.1) is 0 Å². The lowest BCUT2D eigenvalue weighted by atomic mass is 10.0. The Kier molecular flexibility index (Phi) is 5.67. The molecule has 106 valence electrons. The molecule has 1 saturated heterocycles. The van der Waals surface area contributed by atoms with E-state index in [0.717, 1.165) is 42.8 Å². The van der Waals surface area contributed by atoms with Crippen LogP contribution in [0.15, 0.2) is 22.7 Å². The number of hydrogen-bond donors (Lipinski definition) is 1. The minimum Gasteiger partial charge on any atom is -0.494 e. The number of nitrogens with one attached hydrogen (secondary N) is 1. The van der Waals surface area contributed by atoms with Crippen molar-refractivity contribution in [3.63, 3.8) is 0 Å². The molecule has 1 atom stereocenters. The molecule has 0 amide bonds. The lowest BCUT2D eigenvalue weighted by molar-refractivity contribution is 0.165. The molecule has 4 heteroatoms. The summed E-state index contributed by atoms with van der Waals surface area (Å²) < 4.78 is 6.93. The van der Waals surface area contributed by atoms with Crippen molar-refractivity contribution >= 4 is 15.9 Å². The Morgan fingerprint density at radius 2 is 2.05 bits per heavy atom. The quantitative estimate of drug-likeness (QED) is 0.899. The van der Waals surface area contributed by atoms with Gasteiger partial charge in [-0.25, -0.2) is 0 Å². The van der Waals surface area contributed by atoms with Crippen molar-refractivity contribution in [2.45, 2.75) is 26.3 Å². The highest BCUT2D eigenvalue weighted by molar-refractivity contribution is 9.10. The van der Waals surface area contributed by atoms with Crippen LogP contribution < -0.4 is 10.1 Å². The molecule has 0 spiro atoms. The molecule has 1 N–H and O–H groups in total. The molecular formula is C15H23BrN2O. The van der Waals surface area contributed by atoms with E-state index in [1.807, 2.05) is 6.92 Å². The first-order valence-corrected chi connectivity index (χ1v) is 7.92. The van der Waals surface area contributed by atoms with Gasteiger partial charge in [0.25, 0.3) is 0 Å². The maximum atomic E-state index is 5.80. The second-order valence-corrected chi connectivity index (χ2v) is 5.74. The van der Waals surface area contributed by atoms with E-state index in [9.17, 15) is 0 Å². The standard InChI is InChI=1S/C15H23BrN2O/c1-3-14(18-9-7-17-8-10-18)13-11-12(16)5-6-15(13)19-4-2/h5-6,11,14,17H,3-4,7-10H2,1-2H3. The number of piperazine rings is 1. The number of nitrogens with zero attached hydrogens (tertiary/aromatic N) is 1. The van der Waals surface area contributed by atoms with Crippen LogP contribution in [-0.2, 0) is 0 Å². The fraction of sp³-hybridized carbons (Fsp3) is 0.600. The normalized spacial score (nSPS) is 18.3. The van der Waals surface area contributed by atoms with Crippen LogP contribution in [-0.4, -0.2) is 37.7 Å². The van der Waals surface area contributed by atoms with Crippen molar-refractivity contribution in [3.05, 3.63) is 28.2 Å². The van der Waals surface area contributed by atoms with Crippen LogP contribution in [0.2, 0.25) is 0 Å². The average molecular weight is 327 g/mol. The first kappa shape index (κ1) is 14.8. The lowest BCUT2D eigenvalue weighted by Gasteiger charge is -2.35. The van der Waals surface area contributed by atoms with E-state index in [4.69, 9.17) is 4.74 Å². The van der Waals surface area contributed by atoms with Gasteiger partial charge in [0.15, 0.2) is 0 Å². The zero-order valence-electron chi connectivity index (χ0n) is 11.8. The molecule has 0 aromatic heterocycles. The molecule has 3 nitrogen and oxygen atoms in total. The second kappa shape index (κ2) is 7.27. The molecule has 0 bridgehead atoms. The van der Waals surface area contributed by atoms with Gasteiger partial charge < -0.3 is 10.1 Å². The van der Waals surface area contributed by atoms with Crippen LogP contribution in [0.25, 0.3) is 0 Å². The number of rotatable bonds is 5. The van der Waals surface area contributed by atoms with Crippen LogP contribution >= 0.6 is 15.9 Å². The van der Waals surface area contributed by atoms with E-state index >= 15 is 0 Å². The molecule has 1 aliphatic rings. The molecule has 1 unspecified atom stereocenters. The molecule has 0 saturated carbocycles. The van der Waals surface area contributed by atoms with E-state index < -0.39 is 0 Å². The third-order valence-electron chi connectivity index (χ3n) is 3.61. The molecule has 1 heterocycles. The highest BCUT2D eigenvalue weighted by Gasteiger charge is 2.23. The van der Waals surface area contributed by atoms with Crippen molar-refractivity contribution in [2.24, 2.45) is 0 Å². The number of benzene rings is 1. The smallest absolute Gasteiger partial charge is 0.124 e. The monoisotopic (exact) mass is 326 g/mol. The minimum absolute atomic E-state index is 0.446. The van der Waals surface area contributed by atoms with E-state index in [0.29, 0.717) is 12.6 Å². The molecule has 1 fully saturated rings. The summed E-state index contributed by atoms with van der Waals surface area (Å²) >= 11 is 3.58. The Balaban J connectivity index is 2.27. The van der Waals surface area contributed by atoms with Crippen molar-refractivity contribution in [1.82, 2.24) is 10.2 Å². The van der Waals surface area contributed by atoms with Gasteiger partial charge in [-0.1, -0.05) is 22.9 Å². The van der Waals surface area contributed by atoms with Crippen LogP contribution in [0.5, 0.6) is 5.75 Å². The maximum Gasteiger partial charge on any atom is 0.124 e. The van der Waals surface area contributed by atoms with Crippen molar-refractivity contribution in [2.75, 3.05) is 32.8 Å².